The van der Waals surface area contributed by atoms with Crippen LogP contribution in [0.5, 0.6) is 0 Å². The number of carbonyl (C=O) groups is 1. The number of carbonyl (C=O) groups excluding carboxylic acids is 1. The summed E-state index contributed by atoms with van der Waals surface area (Å²) in [7, 11) is 0. The third-order valence-electron chi connectivity index (χ3n) is 5.78. The van der Waals surface area contributed by atoms with Gasteiger partial charge in [0.2, 0.25) is 0 Å². The first-order valence-corrected chi connectivity index (χ1v) is 9.94. The van der Waals surface area contributed by atoms with Crippen LogP contribution in [0.1, 0.15) is 33.9 Å². The summed E-state index contributed by atoms with van der Waals surface area (Å²) in [6.45, 7) is 0.371. The highest BCUT2D eigenvalue weighted by Crippen LogP contribution is 2.25. The maximum absolute atomic E-state index is 14.6. The van der Waals surface area contributed by atoms with Crippen LogP contribution in [0.4, 0.5) is 4.39 Å². The third-order valence-corrected chi connectivity index (χ3v) is 5.78. The normalized spacial score (nSPS) is 15.7. The van der Waals surface area contributed by atoms with Crippen molar-refractivity contribution in [2.45, 2.75) is 25.8 Å². The van der Waals surface area contributed by atoms with E-state index in [1.165, 1.54) is 10.6 Å². The number of H-pyrrole nitrogens is 2. The van der Waals surface area contributed by atoms with Crippen molar-refractivity contribution in [1.82, 2.24) is 25.0 Å². The molecule has 0 radical (unpaired) electrons. The van der Waals surface area contributed by atoms with Gasteiger partial charge in [-0.15, -0.1) is 0 Å². The van der Waals surface area contributed by atoms with Gasteiger partial charge in [-0.3, -0.25) is 14.2 Å². The number of ketones is 1. The summed E-state index contributed by atoms with van der Waals surface area (Å²) < 4.78 is 16.1. The van der Waals surface area contributed by atoms with E-state index in [4.69, 9.17) is 0 Å². The molecule has 3 heterocycles. The molecule has 0 amide bonds. The van der Waals surface area contributed by atoms with Gasteiger partial charge in [0.25, 0.3) is 5.56 Å². The molecule has 2 aromatic carbocycles. The minimum Gasteiger partial charge on any atom is -0.294 e. The quantitative estimate of drug-likeness (QED) is 0.491. The SMILES string of the molecule is O=C(c1cc(Cc2n[nH]c(=O)c3ccccc23)ccc1F)C1CCn2c(n[nH]c2=O)C1. The molecule has 1 atom stereocenters. The largest absolute Gasteiger partial charge is 0.343 e. The van der Waals surface area contributed by atoms with Gasteiger partial charge in [0, 0.05) is 30.7 Å². The third kappa shape index (κ3) is 3.37. The van der Waals surface area contributed by atoms with Gasteiger partial charge in [0.15, 0.2) is 5.78 Å². The Morgan fingerprint density at radius 2 is 1.90 bits per heavy atom. The van der Waals surface area contributed by atoms with Crippen LogP contribution >= 0.6 is 0 Å². The zero-order valence-corrected chi connectivity index (χ0v) is 16.4. The van der Waals surface area contributed by atoms with Crippen LogP contribution < -0.4 is 11.2 Å². The van der Waals surface area contributed by atoms with Crippen LogP contribution in [0.15, 0.2) is 52.1 Å². The summed E-state index contributed by atoms with van der Waals surface area (Å²) in [5.74, 6) is -0.826. The number of hydrogen-bond acceptors (Lipinski definition) is 5. The maximum atomic E-state index is 14.6. The highest BCUT2D eigenvalue weighted by Gasteiger charge is 2.29. The molecule has 0 fully saturated rings. The van der Waals surface area contributed by atoms with Crippen LogP contribution in [0.3, 0.4) is 0 Å². The van der Waals surface area contributed by atoms with Crippen LogP contribution in [0.25, 0.3) is 10.8 Å². The van der Waals surface area contributed by atoms with Crippen LogP contribution in [-0.4, -0.2) is 30.7 Å². The van der Waals surface area contributed by atoms with Crippen LogP contribution in [0.2, 0.25) is 0 Å². The number of halogens is 1. The van der Waals surface area contributed by atoms with E-state index in [2.05, 4.69) is 20.4 Å². The zero-order chi connectivity index (χ0) is 21.5. The number of fused-ring (bicyclic) bond motifs is 2. The Kier molecular flexibility index (Phi) is 4.58. The van der Waals surface area contributed by atoms with Gasteiger partial charge in [0.1, 0.15) is 11.6 Å². The lowest BCUT2D eigenvalue weighted by atomic mass is 9.88. The second-order valence-electron chi connectivity index (χ2n) is 7.69. The van der Waals surface area contributed by atoms with Gasteiger partial charge in [0.05, 0.1) is 16.6 Å². The van der Waals surface area contributed by atoms with E-state index >= 15 is 0 Å². The molecule has 0 saturated carbocycles. The predicted molar refractivity (Wildman–Crippen MR) is 111 cm³/mol. The number of hydrogen-bond donors (Lipinski definition) is 2. The van der Waals surface area contributed by atoms with E-state index in [1.54, 1.807) is 24.3 Å². The maximum Gasteiger partial charge on any atom is 0.343 e. The van der Waals surface area contributed by atoms with Gasteiger partial charge in [-0.25, -0.2) is 19.4 Å². The molecule has 0 aliphatic carbocycles. The number of nitrogens with one attached hydrogen (secondary N) is 2. The van der Waals surface area contributed by atoms with Crippen molar-refractivity contribution in [3.05, 3.63) is 91.8 Å². The molecule has 0 bridgehead atoms. The first-order chi connectivity index (χ1) is 15.0. The van der Waals surface area contributed by atoms with E-state index in [1.807, 2.05) is 12.1 Å². The molecule has 2 aromatic heterocycles. The van der Waals surface area contributed by atoms with E-state index in [-0.39, 0.29) is 29.0 Å². The highest BCUT2D eigenvalue weighted by molar-refractivity contribution is 5.98. The number of aromatic nitrogens is 5. The monoisotopic (exact) mass is 419 g/mol. The van der Waals surface area contributed by atoms with Crippen LogP contribution in [-0.2, 0) is 19.4 Å². The fourth-order valence-corrected chi connectivity index (χ4v) is 4.16. The van der Waals surface area contributed by atoms with Crippen molar-refractivity contribution in [3.8, 4) is 0 Å². The minimum atomic E-state index is -0.585. The van der Waals surface area contributed by atoms with Crippen molar-refractivity contribution in [1.29, 1.82) is 0 Å². The number of Topliss-reactive ketones (excluding diaryl/α,β-unsaturated/α-hetero) is 1. The van der Waals surface area contributed by atoms with Crippen molar-refractivity contribution in [2.75, 3.05) is 0 Å². The van der Waals surface area contributed by atoms with Gasteiger partial charge in [-0.1, -0.05) is 24.3 Å². The Balaban J connectivity index is 1.45. The Morgan fingerprint density at radius 3 is 2.74 bits per heavy atom. The zero-order valence-electron chi connectivity index (χ0n) is 16.4. The molecule has 1 unspecified atom stereocenters. The summed E-state index contributed by atoms with van der Waals surface area (Å²) in [6, 6.07) is 11.6. The number of aromatic amines is 2. The van der Waals surface area contributed by atoms with E-state index in [0.717, 1.165) is 0 Å². The molecular weight excluding hydrogens is 401 g/mol. The fraction of sp³-hybridized carbons (Fsp3) is 0.227. The topological polar surface area (TPSA) is 114 Å². The molecule has 5 rings (SSSR count). The predicted octanol–water partition coefficient (Wildman–Crippen LogP) is 1.98. The summed E-state index contributed by atoms with van der Waals surface area (Å²) in [4.78, 5) is 36.7. The van der Waals surface area contributed by atoms with E-state index < -0.39 is 11.7 Å². The molecule has 156 valence electrons. The minimum absolute atomic E-state index is 0.0163. The second kappa shape index (κ2) is 7.42. The lowest BCUT2D eigenvalue weighted by Gasteiger charge is -2.21. The molecule has 4 aromatic rings. The highest BCUT2D eigenvalue weighted by atomic mass is 19.1. The molecule has 1 aliphatic heterocycles. The molecule has 0 spiro atoms. The standard InChI is InChI=1S/C22H18FN5O3/c23-17-6-5-12(10-18-14-3-1-2-4-15(14)21(30)26-24-18)9-16(17)20(29)13-7-8-28-19(11-13)25-27-22(28)31/h1-6,9,13H,7-8,10-11H2,(H,26,30)(H,27,31). The Labute approximate surface area is 174 Å². The van der Waals surface area contributed by atoms with Gasteiger partial charge in [-0.05, 0) is 30.2 Å². The molecule has 8 nitrogen and oxygen atoms in total. The number of rotatable bonds is 4. The Morgan fingerprint density at radius 1 is 1.10 bits per heavy atom. The van der Waals surface area contributed by atoms with Crippen molar-refractivity contribution >= 4 is 16.6 Å². The molecule has 1 aliphatic rings. The molecule has 31 heavy (non-hydrogen) atoms. The van der Waals surface area contributed by atoms with E-state index in [0.29, 0.717) is 47.2 Å². The molecule has 2 N–H and O–H groups in total. The first-order valence-electron chi connectivity index (χ1n) is 9.94. The van der Waals surface area contributed by atoms with Crippen molar-refractivity contribution in [2.24, 2.45) is 5.92 Å². The smallest absolute Gasteiger partial charge is 0.294 e. The lowest BCUT2D eigenvalue weighted by molar-refractivity contribution is 0.0893. The second-order valence-corrected chi connectivity index (χ2v) is 7.69. The summed E-state index contributed by atoms with van der Waals surface area (Å²) in [5.41, 5.74) is 0.793. The average Bonchev–Trinajstić information content (AvgIpc) is 3.17. The van der Waals surface area contributed by atoms with Crippen LogP contribution in [0, 0.1) is 11.7 Å². The molecular formula is C22H18FN5O3. The Bertz CT molecular complexity index is 1440. The number of nitrogens with zero attached hydrogens (tertiary/aromatic N) is 3. The average molecular weight is 419 g/mol. The first kappa shape index (κ1) is 19.1. The summed E-state index contributed by atoms with van der Waals surface area (Å²) >= 11 is 0. The van der Waals surface area contributed by atoms with Gasteiger partial charge < -0.3 is 0 Å². The lowest BCUT2D eigenvalue weighted by Crippen LogP contribution is -2.30. The Hall–Kier alpha value is -3.88. The van der Waals surface area contributed by atoms with Crippen molar-refractivity contribution in [3.63, 3.8) is 0 Å². The van der Waals surface area contributed by atoms with Crippen molar-refractivity contribution < 1.29 is 9.18 Å². The van der Waals surface area contributed by atoms with E-state index in [9.17, 15) is 18.8 Å². The molecule has 0 saturated heterocycles. The summed E-state index contributed by atoms with van der Waals surface area (Å²) in [5, 5.41) is 14.2. The summed E-state index contributed by atoms with van der Waals surface area (Å²) in [6.07, 6.45) is 1.07. The number of benzene rings is 2. The molecule has 9 heteroatoms. The fourth-order valence-electron chi connectivity index (χ4n) is 4.16. The van der Waals surface area contributed by atoms with Gasteiger partial charge >= 0.3 is 5.69 Å². The van der Waals surface area contributed by atoms with Gasteiger partial charge in [-0.2, -0.15) is 10.2 Å².